The van der Waals surface area contributed by atoms with Crippen LogP contribution in [0.15, 0.2) is 6.20 Å². The molecular weight excluding hydrogens is 188 g/mol. The van der Waals surface area contributed by atoms with Crippen molar-refractivity contribution < 1.29 is 0 Å². The van der Waals surface area contributed by atoms with E-state index in [1.54, 1.807) is 0 Å². The van der Waals surface area contributed by atoms with Gasteiger partial charge in [-0.15, -0.1) is 0 Å². The van der Waals surface area contributed by atoms with Crippen LogP contribution in [0, 0.1) is 12.8 Å². The topological polar surface area (TPSA) is 55.9 Å². The first kappa shape index (κ1) is 10.6. The maximum atomic E-state index is 5.62. The van der Waals surface area contributed by atoms with Crippen LogP contribution in [0.3, 0.4) is 0 Å². The monoisotopic (exact) mass is 208 g/mol. The normalized spacial score (nSPS) is 18.9. The quantitative estimate of drug-likeness (QED) is 0.581. The Morgan fingerprint density at radius 3 is 2.80 bits per heavy atom. The predicted octanol–water partition coefficient (Wildman–Crippen LogP) is 1.42. The molecule has 0 bridgehead atoms. The fraction of sp³-hybridized carbons (Fsp3) is 0.727. The number of nitrogens with one attached hydrogen (secondary N) is 1. The van der Waals surface area contributed by atoms with Crippen LogP contribution in [0.2, 0.25) is 0 Å². The smallest absolute Gasteiger partial charge is 0.0641 e. The number of rotatable bonds is 4. The lowest BCUT2D eigenvalue weighted by Gasteiger charge is -2.29. The Labute approximate surface area is 90.8 Å². The molecule has 1 aliphatic carbocycles. The molecule has 0 saturated heterocycles. The third-order valence-corrected chi connectivity index (χ3v) is 3.42. The maximum Gasteiger partial charge on any atom is 0.0641 e. The van der Waals surface area contributed by atoms with Gasteiger partial charge in [0, 0.05) is 24.8 Å². The van der Waals surface area contributed by atoms with Gasteiger partial charge in [-0.25, -0.2) is 0 Å². The Balaban J connectivity index is 2.07. The van der Waals surface area contributed by atoms with Gasteiger partial charge in [-0.1, -0.05) is 19.3 Å². The van der Waals surface area contributed by atoms with Crippen LogP contribution in [0.1, 0.15) is 43.0 Å². The summed E-state index contributed by atoms with van der Waals surface area (Å²) in [5, 5.41) is 4.35. The van der Waals surface area contributed by atoms with Gasteiger partial charge in [0.2, 0.25) is 0 Å². The van der Waals surface area contributed by atoms with E-state index >= 15 is 0 Å². The zero-order valence-corrected chi connectivity index (χ0v) is 9.53. The highest BCUT2D eigenvalue weighted by molar-refractivity contribution is 5.20. The van der Waals surface area contributed by atoms with E-state index in [0.29, 0.717) is 0 Å². The highest BCUT2D eigenvalue weighted by atomic mass is 15.3. The van der Waals surface area contributed by atoms with Crippen molar-refractivity contribution in [3.05, 3.63) is 17.5 Å². The molecule has 1 heterocycles. The lowest BCUT2D eigenvalue weighted by Crippen LogP contribution is -2.31. The summed E-state index contributed by atoms with van der Waals surface area (Å²) < 4.78 is 1.86. The zero-order chi connectivity index (χ0) is 10.8. The number of nitrogens with two attached hydrogens (primary N) is 1. The molecule has 0 aromatic carbocycles. The van der Waals surface area contributed by atoms with Crippen LogP contribution in [0.4, 0.5) is 0 Å². The van der Waals surface area contributed by atoms with Gasteiger partial charge in [-0.05, 0) is 19.3 Å². The SMILES string of the molecule is Cc1nn(C)cc1C(CC1CCC1)NN. The molecule has 0 aliphatic heterocycles. The standard InChI is InChI=1S/C11H20N4/c1-8-10(7-15(2)14-8)11(13-12)6-9-4-3-5-9/h7,9,11,13H,3-6,12H2,1-2H3. The minimum absolute atomic E-state index is 0.268. The van der Waals surface area contributed by atoms with E-state index < -0.39 is 0 Å². The summed E-state index contributed by atoms with van der Waals surface area (Å²) in [6.45, 7) is 2.04. The average Bonchev–Trinajstić information content (AvgIpc) is 2.44. The highest BCUT2D eigenvalue weighted by Gasteiger charge is 2.24. The molecule has 1 atom stereocenters. The zero-order valence-electron chi connectivity index (χ0n) is 9.53. The average molecular weight is 208 g/mol. The summed E-state index contributed by atoms with van der Waals surface area (Å²) in [5.41, 5.74) is 5.24. The lowest BCUT2D eigenvalue weighted by atomic mass is 9.80. The molecule has 1 aromatic heterocycles. The van der Waals surface area contributed by atoms with Crippen molar-refractivity contribution in [2.24, 2.45) is 18.8 Å². The van der Waals surface area contributed by atoms with Crippen LogP contribution < -0.4 is 11.3 Å². The summed E-state index contributed by atoms with van der Waals surface area (Å²) >= 11 is 0. The van der Waals surface area contributed by atoms with Crippen LogP contribution in [0.25, 0.3) is 0 Å². The Morgan fingerprint density at radius 2 is 2.40 bits per heavy atom. The molecule has 1 unspecified atom stereocenters. The fourth-order valence-electron chi connectivity index (χ4n) is 2.31. The molecule has 1 aliphatic rings. The molecule has 84 valence electrons. The van der Waals surface area contributed by atoms with E-state index in [-0.39, 0.29) is 6.04 Å². The second-order valence-corrected chi connectivity index (χ2v) is 4.60. The number of nitrogens with zero attached hydrogens (tertiary/aromatic N) is 2. The molecule has 15 heavy (non-hydrogen) atoms. The first-order valence-corrected chi connectivity index (χ1v) is 5.67. The van der Waals surface area contributed by atoms with Crippen molar-refractivity contribution >= 4 is 0 Å². The first-order valence-electron chi connectivity index (χ1n) is 5.67. The Bertz CT molecular complexity index is 327. The van der Waals surface area contributed by atoms with E-state index in [1.165, 1.54) is 24.8 Å². The van der Waals surface area contributed by atoms with E-state index in [4.69, 9.17) is 5.84 Å². The van der Waals surface area contributed by atoms with E-state index in [1.807, 2.05) is 18.7 Å². The Morgan fingerprint density at radius 1 is 1.67 bits per heavy atom. The number of hydrazine groups is 1. The van der Waals surface area contributed by atoms with Crippen LogP contribution in [-0.2, 0) is 7.05 Å². The van der Waals surface area contributed by atoms with Gasteiger partial charge in [-0.3, -0.25) is 16.0 Å². The van der Waals surface area contributed by atoms with Crippen LogP contribution >= 0.6 is 0 Å². The van der Waals surface area contributed by atoms with Crippen LogP contribution in [-0.4, -0.2) is 9.78 Å². The third kappa shape index (κ3) is 2.21. The summed E-state index contributed by atoms with van der Waals surface area (Å²) in [7, 11) is 1.95. The van der Waals surface area contributed by atoms with Gasteiger partial charge in [0.1, 0.15) is 0 Å². The molecule has 4 nitrogen and oxygen atoms in total. The van der Waals surface area contributed by atoms with Crippen molar-refractivity contribution in [3.8, 4) is 0 Å². The lowest BCUT2D eigenvalue weighted by molar-refractivity contribution is 0.261. The number of hydrogen-bond donors (Lipinski definition) is 2. The highest BCUT2D eigenvalue weighted by Crippen LogP contribution is 2.34. The largest absolute Gasteiger partial charge is 0.275 e. The van der Waals surface area contributed by atoms with Crippen LogP contribution in [0.5, 0.6) is 0 Å². The summed E-state index contributed by atoms with van der Waals surface area (Å²) in [5.74, 6) is 6.48. The molecule has 0 radical (unpaired) electrons. The molecule has 0 amide bonds. The van der Waals surface area contributed by atoms with E-state index in [2.05, 4.69) is 16.7 Å². The summed E-state index contributed by atoms with van der Waals surface area (Å²) in [6.07, 6.45) is 7.31. The maximum absolute atomic E-state index is 5.62. The molecule has 3 N–H and O–H groups in total. The molecule has 0 spiro atoms. The Hall–Kier alpha value is -0.870. The van der Waals surface area contributed by atoms with Gasteiger partial charge in [-0.2, -0.15) is 5.10 Å². The molecule has 2 rings (SSSR count). The van der Waals surface area contributed by atoms with E-state index in [9.17, 15) is 0 Å². The van der Waals surface area contributed by atoms with Crippen molar-refractivity contribution in [2.45, 2.75) is 38.6 Å². The minimum atomic E-state index is 0.268. The van der Waals surface area contributed by atoms with Gasteiger partial charge >= 0.3 is 0 Å². The molecular formula is C11H20N4. The predicted molar refractivity (Wildman–Crippen MR) is 60.0 cm³/mol. The molecule has 1 saturated carbocycles. The van der Waals surface area contributed by atoms with Gasteiger partial charge in [0.25, 0.3) is 0 Å². The number of hydrogen-bond acceptors (Lipinski definition) is 3. The van der Waals surface area contributed by atoms with E-state index in [0.717, 1.165) is 18.0 Å². The second kappa shape index (κ2) is 4.33. The van der Waals surface area contributed by atoms with Gasteiger partial charge < -0.3 is 0 Å². The van der Waals surface area contributed by atoms with Crippen molar-refractivity contribution in [3.63, 3.8) is 0 Å². The summed E-state index contributed by atoms with van der Waals surface area (Å²) in [6, 6.07) is 0.268. The van der Waals surface area contributed by atoms with Crippen molar-refractivity contribution in [1.82, 2.24) is 15.2 Å². The second-order valence-electron chi connectivity index (χ2n) is 4.60. The number of aromatic nitrogens is 2. The molecule has 1 aromatic rings. The van der Waals surface area contributed by atoms with Crippen molar-refractivity contribution in [1.29, 1.82) is 0 Å². The summed E-state index contributed by atoms with van der Waals surface area (Å²) in [4.78, 5) is 0. The Kier molecular flexibility index (Phi) is 3.07. The minimum Gasteiger partial charge on any atom is -0.275 e. The van der Waals surface area contributed by atoms with Crippen molar-refractivity contribution in [2.75, 3.05) is 0 Å². The third-order valence-electron chi connectivity index (χ3n) is 3.42. The fourth-order valence-corrected chi connectivity index (χ4v) is 2.31. The molecule has 4 heteroatoms. The number of aryl methyl sites for hydroxylation is 2. The van der Waals surface area contributed by atoms with Gasteiger partial charge in [0.15, 0.2) is 0 Å². The van der Waals surface area contributed by atoms with Gasteiger partial charge in [0.05, 0.1) is 5.69 Å². The first-order chi connectivity index (χ1) is 7.20. The molecule has 1 fully saturated rings.